The van der Waals surface area contributed by atoms with Gasteiger partial charge in [-0.2, -0.15) is 4.98 Å². The summed E-state index contributed by atoms with van der Waals surface area (Å²) in [4.78, 5) is 35.3. The van der Waals surface area contributed by atoms with Gasteiger partial charge in [-0.15, -0.1) is 0 Å². The molecule has 12 nitrogen and oxygen atoms in total. The minimum absolute atomic E-state index is 0.118. The quantitative estimate of drug-likeness (QED) is 0.332. The van der Waals surface area contributed by atoms with Crippen LogP contribution in [0.2, 0.25) is 0 Å². The van der Waals surface area contributed by atoms with Crippen LogP contribution in [-0.2, 0) is 4.74 Å². The first-order chi connectivity index (χ1) is 18.4. The Morgan fingerprint density at radius 1 is 1.18 bits per heavy atom. The first-order valence-corrected chi connectivity index (χ1v) is 13.1. The maximum absolute atomic E-state index is 13.2. The van der Waals surface area contributed by atoms with Crippen LogP contribution < -0.4 is 15.1 Å². The van der Waals surface area contributed by atoms with E-state index >= 15 is 0 Å². The van der Waals surface area contributed by atoms with E-state index in [-0.39, 0.29) is 18.8 Å². The molecule has 0 radical (unpaired) electrons. The molecule has 0 saturated carbocycles. The summed E-state index contributed by atoms with van der Waals surface area (Å²) < 4.78 is 11.8. The van der Waals surface area contributed by atoms with Gasteiger partial charge in [0.1, 0.15) is 11.9 Å². The number of amides is 1. The molecule has 6 heterocycles. The molecule has 2 fully saturated rings. The average Bonchev–Trinajstić information content (AvgIpc) is 3.67. The molecule has 0 aliphatic carbocycles. The van der Waals surface area contributed by atoms with Crippen LogP contribution in [-0.4, -0.2) is 87.7 Å². The molecular weight excluding hydrogens is 510 g/mol. The summed E-state index contributed by atoms with van der Waals surface area (Å²) >= 11 is 1.50. The molecule has 2 saturated heterocycles. The van der Waals surface area contributed by atoms with Crippen molar-refractivity contribution in [3.8, 4) is 11.5 Å². The van der Waals surface area contributed by atoms with Crippen molar-refractivity contribution in [2.75, 3.05) is 61.1 Å². The Morgan fingerprint density at radius 2 is 2.03 bits per heavy atom. The van der Waals surface area contributed by atoms with E-state index in [1.807, 2.05) is 24.0 Å². The number of hydrogen-bond donors (Lipinski definition) is 3. The maximum atomic E-state index is 13.2. The summed E-state index contributed by atoms with van der Waals surface area (Å²) in [5, 5.41) is 24.1. The first kappa shape index (κ1) is 24.7. The molecule has 1 atom stereocenters. The lowest BCUT2D eigenvalue weighted by molar-refractivity contribution is 0.00474. The minimum Gasteiger partial charge on any atom is -0.444 e. The van der Waals surface area contributed by atoms with Gasteiger partial charge in [0.2, 0.25) is 5.89 Å². The van der Waals surface area contributed by atoms with Crippen LogP contribution in [0.5, 0.6) is 0 Å². The van der Waals surface area contributed by atoms with Crippen LogP contribution in [0, 0.1) is 6.92 Å². The number of morpholine rings is 1. The Labute approximate surface area is 221 Å². The zero-order valence-electron chi connectivity index (χ0n) is 20.8. The Balaban J connectivity index is 1.32. The molecule has 0 spiro atoms. The fourth-order valence-corrected chi connectivity index (χ4v) is 5.61. The lowest BCUT2D eigenvalue weighted by Crippen LogP contribution is -2.37. The lowest BCUT2D eigenvalue weighted by atomic mass is 10.1. The van der Waals surface area contributed by atoms with Crippen molar-refractivity contribution in [1.82, 2.24) is 19.9 Å². The lowest BCUT2D eigenvalue weighted by Gasteiger charge is -2.25. The van der Waals surface area contributed by atoms with Gasteiger partial charge in [0, 0.05) is 37.1 Å². The molecule has 2 aliphatic rings. The van der Waals surface area contributed by atoms with Crippen molar-refractivity contribution in [3.63, 3.8) is 0 Å². The molecule has 13 heteroatoms. The van der Waals surface area contributed by atoms with Crippen LogP contribution in [0.3, 0.4) is 0 Å². The molecule has 3 N–H and O–H groups in total. The largest absolute Gasteiger partial charge is 0.444 e. The Morgan fingerprint density at radius 3 is 2.79 bits per heavy atom. The van der Waals surface area contributed by atoms with Crippen molar-refractivity contribution in [2.45, 2.75) is 18.9 Å². The normalized spacial score (nSPS) is 19.9. The fraction of sp³-hybridized carbons (Fsp3) is 0.400. The second-order valence-corrected chi connectivity index (χ2v) is 10.5. The van der Waals surface area contributed by atoms with E-state index in [0.717, 1.165) is 34.2 Å². The second kappa shape index (κ2) is 9.91. The van der Waals surface area contributed by atoms with Crippen LogP contribution in [0.25, 0.3) is 21.8 Å². The smallest absolute Gasteiger partial charge is 0.277 e. The number of oxazole rings is 1. The Hall–Kier alpha value is -3.65. The minimum atomic E-state index is -1.23. The standard InChI is InChI=1S/C25H27N7O5S/c1-15-10-16(2-4-26-15)23-28-18(12-37-23)22(34)27-17-11-19-20(30-24(38-19)31-6-8-36-9-7-31)29-21(17)32-5-3-25(35,13-32)14-33/h2,4,10-12,33,35H,3,5-9,13-14H2,1H3,(H,27,34). The second-order valence-electron chi connectivity index (χ2n) is 9.51. The van der Waals surface area contributed by atoms with Crippen molar-refractivity contribution >= 4 is 44.2 Å². The molecule has 1 unspecified atom stereocenters. The van der Waals surface area contributed by atoms with Crippen LogP contribution >= 0.6 is 11.3 Å². The highest BCUT2D eigenvalue weighted by molar-refractivity contribution is 7.22. The van der Waals surface area contributed by atoms with E-state index in [1.165, 1.54) is 17.6 Å². The number of carbonyl (C=O) groups excluding carboxylic acids is 1. The van der Waals surface area contributed by atoms with Gasteiger partial charge in [0.05, 0.1) is 36.8 Å². The number of nitrogens with one attached hydrogen (secondary N) is 1. The van der Waals surface area contributed by atoms with Gasteiger partial charge >= 0.3 is 0 Å². The zero-order chi connectivity index (χ0) is 26.3. The molecule has 198 valence electrons. The zero-order valence-corrected chi connectivity index (χ0v) is 21.6. The topological polar surface area (TPSA) is 150 Å². The van der Waals surface area contributed by atoms with Gasteiger partial charge in [-0.05, 0) is 31.5 Å². The number of ether oxygens (including phenoxy) is 1. The number of aliphatic hydroxyl groups is 2. The third-order valence-electron chi connectivity index (χ3n) is 6.69. The van der Waals surface area contributed by atoms with Crippen LogP contribution in [0.15, 0.2) is 35.1 Å². The van der Waals surface area contributed by atoms with Gasteiger partial charge in [0.15, 0.2) is 22.3 Å². The maximum Gasteiger partial charge on any atom is 0.277 e. The van der Waals surface area contributed by atoms with Gasteiger partial charge in [0.25, 0.3) is 5.91 Å². The number of rotatable bonds is 6. The number of β-amino-alcohol motifs (C(OH)–C–C–N with tert-alkyl or cyclic N) is 1. The number of carbonyl (C=O) groups is 1. The monoisotopic (exact) mass is 537 g/mol. The van der Waals surface area contributed by atoms with Crippen molar-refractivity contribution in [3.05, 3.63) is 42.0 Å². The molecule has 2 aliphatic heterocycles. The van der Waals surface area contributed by atoms with E-state index < -0.39 is 11.5 Å². The predicted octanol–water partition coefficient (Wildman–Crippen LogP) is 2.07. The van der Waals surface area contributed by atoms with Crippen LogP contribution in [0.1, 0.15) is 22.6 Å². The molecule has 4 aromatic heterocycles. The molecule has 1 amide bonds. The highest BCUT2D eigenvalue weighted by Crippen LogP contribution is 2.37. The third-order valence-corrected chi connectivity index (χ3v) is 7.74. The van der Waals surface area contributed by atoms with Gasteiger partial charge in [-0.3, -0.25) is 9.78 Å². The van der Waals surface area contributed by atoms with E-state index in [1.54, 1.807) is 12.3 Å². The third kappa shape index (κ3) is 4.80. The van der Waals surface area contributed by atoms with E-state index in [9.17, 15) is 15.0 Å². The fourth-order valence-electron chi connectivity index (χ4n) is 4.61. The summed E-state index contributed by atoms with van der Waals surface area (Å²) in [6.45, 7) is 4.93. The molecule has 6 rings (SSSR count). The number of nitrogens with zero attached hydrogens (tertiary/aromatic N) is 6. The number of fused-ring (bicyclic) bond motifs is 1. The Bertz CT molecular complexity index is 1480. The summed E-state index contributed by atoms with van der Waals surface area (Å²) in [7, 11) is 0. The SMILES string of the molecule is Cc1cc(-c2nc(C(=O)Nc3cc4sc(N5CCOCC5)nc4nc3N3CCC(O)(CO)C3)co2)ccn1. The number of thiazole rings is 1. The van der Waals surface area contributed by atoms with E-state index in [0.29, 0.717) is 49.2 Å². The Kier molecular flexibility index (Phi) is 6.43. The van der Waals surface area contributed by atoms with Gasteiger partial charge < -0.3 is 34.5 Å². The average molecular weight is 538 g/mol. The van der Waals surface area contributed by atoms with E-state index in [2.05, 4.69) is 20.2 Å². The summed E-state index contributed by atoms with van der Waals surface area (Å²) in [5.74, 6) is 0.338. The number of aliphatic hydroxyl groups excluding tert-OH is 1. The van der Waals surface area contributed by atoms with Crippen molar-refractivity contribution in [2.24, 2.45) is 0 Å². The van der Waals surface area contributed by atoms with Crippen molar-refractivity contribution < 1.29 is 24.2 Å². The van der Waals surface area contributed by atoms with Crippen LogP contribution in [0.4, 0.5) is 16.6 Å². The van der Waals surface area contributed by atoms with E-state index in [4.69, 9.17) is 19.1 Å². The number of hydrogen-bond acceptors (Lipinski definition) is 12. The number of anilines is 3. The summed E-state index contributed by atoms with van der Waals surface area (Å²) in [5.41, 5.74) is 1.44. The van der Waals surface area contributed by atoms with Gasteiger partial charge in [-0.25, -0.2) is 9.97 Å². The molecule has 0 bridgehead atoms. The predicted molar refractivity (Wildman–Crippen MR) is 142 cm³/mol. The summed E-state index contributed by atoms with van der Waals surface area (Å²) in [6, 6.07) is 5.44. The molecule has 0 aromatic carbocycles. The number of pyridine rings is 2. The number of aromatic nitrogens is 4. The highest BCUT2D eigenvalue weighted by Gasteiger charge is 2.37. The molecular formula is C25H27N7O5S. The number of aryl methyl sites for hydroxylation is 1. The highest BCUT2D eigenvalue weighted by atomic mass is 32.1. The molecule has 4 aromatic rings. The first-order valence-electron chi connectivity index (χ1n) is 12.3. The molecule has 38 heavy (non-hydrogen) atoms. The van der Waals surface area contributed by atoms with Crippen molar-refractivity contribution in [1.29, 1.82) is 0 Å². The summed E-state index contributed by atoms with van der Waals surface area (Å²) in [6.07, 6.45) is 3.35. The van der Waals surface area contributed by atoms with Gasteiger partial charge in [-0.1, -0.05) is 11.3 Å².